The van der Waals surface area contributed by atoms with E-state index in [2.05, 4.69) is 21.2 Å². The maximum Gasteiger partial charge on any atom is 0.404 e. The Labute approximate surface area is 128 Å². The number of carbonyl (C=O) groups excluding carboxylic acids is 1. The van der Waals surface area contributed by atoms with E-state index in [1.165, 1.54) is 0 Å². The van der Waals surface area contributed by atoms with Crippen molar-refractivity contribution in [2.45, 2.75) is 31.7 Å². The number of hydrogen-bond donors (Lipinski definition) is 4. The molecule has 1 aromatic heterocycles. The lowest BCUT2D eigenvalue weighted by molar-refractivity contribution is -0.125. The highest BCUT2D eigenvalue weighted by molar-refractivity contribution is 5.80. The van der Waals surface area contributed by atoms with Gasteiger partial charge in [-0.3, -0.25) is 15.6 Å². The van der Waals surface area contributed by atoms with E-state index in [-0.39, 0.29) is 17.9 Å². The number of hydrazine groups is 1. The number of anilines is 1. The molecule has 1 heterocycles. The van der Waals surface area contributed by atoms with Gasteiger partial charge in [-0.25, -0.2) is 9.78 Å². The molecule has 8 nitrogen and oxygen atoms in total. The molecule has 2 atom stereocenters. The third-order valence-corrected chi connectivity index (χ3v) is 3.65. The van der Waals surface area contributed by atoms with Crippen LogP contribution in [0.25, 0.3) is 0 Å². The van der Waals surface area contributed by atoms with E-state index in [4.69, 9.17) is 9.84 Å². The van der Waals surface area contributed by atoms with Gasteiger partial charge < -0.3 is 15.2 Å². The average Bonchev–Trinajstić information content (AvgIpc) is 2.52. The van der Waals surface area contributed by atoms with Crippen LogP contribution in [0.2, 0.25) is 0 Å². The van der Waals surface area contributed by atoms with Crippen LogP contribution in [-0.2, 0) is 4.79 Å². The lowest BCUT2D eigenvalue weighted by Crippen LogP contribution is -2.43. The standard InChI is InChI=1S/C14H20N4O4/c1-22-11-5-6-15-12(8-11)17-18-13(19)9-3-2-4-10(7-9)16-14(20)21/h5-6,8-10,16H,2-4,7H2,1H3,(H,15,17)(H,18,19)(H,20,21)/t9-,10+/m0/s1. The minimum Gasteiger partial charge on any atom is -0.497 e. The van der Waals surface area contributed by atoms with Gasteiger partial charge in [0.25, 0.3) is 0 Å². The van der Waals surface area contributed by atoms with Crippen molar-refractivity contribution in [1.82, 2.24) is 15.7 Å². The van der Waals surface area contributed by atoms with Crippen LogP contribution in [0.3, 0.4) is 0 Å². The van der Waals surface area contributed by atoms with E-state index in [1.807, 2.05) is 0 Å². The molecule has 0 bridgehead atoms. The molecule has 8 heteroatoms. The molecule has 0 saturated heterocycles. The first kappa shape index (κ1) is 15.9. The maximum atomic E-state index is 12.1. The summed E-state index contributed by atoms with van der Waals surface area (Å²) >= 11 is 0. The summed E-state index contributed by atoms with van der Waals surface area (Å²) in [6, 6.07) is 3.20. The highest BCUT2D eigenvalue weighted by Crippen LogP contribution is 2.24. The Kier molecular flexibility index (Phi) is 5.40. The van der Waals surface area contributed by atoms with Gasteiger partial charge in [-0.1, -0.05) is 6.42 Å². The second-order valence-corrected chi connectivity index (χ2v) is 5.21. The van der Waals surface area contributed by atoms with Gasteiger partial charge >= 0.3 is 6.09 Å². The number of nitrogens with zero attached hydrogens (tertiary/aromatic N) is 1. The average molecular weight is 308 g/mol. The van der Waals surface area contributed by atoms with Crippen LogP contribution in [0.4, 0.5) is 10.6 Å². The second-order valence-electron chi connectivity index (χ2n) is 5.21. The normalized spacial score (nSPS) is 20.8. The first-order valence-corrected chi connectivity index (χ1v) is 7.14. The van der Waals surface area contributed by atoms with Crippen LogP contribution in [-0.4, -0.2) is 35.2 Å². The summed E-state index contributed by atoms with van der Waals surface area (Å²) in [5.41, 5.74) is 5.36. The fraction of sp³-hybridized carbons (Fsp3) is 0.500. The molecule has 1 aliphatic carbocycles. The van der Waals surface area contributed by atoms with Crippen LogP contribution in [0.1, 0.15) is 25.7 Å². The molecule has 0 aromatic carbocycles. The van der Waals surface area contributed by atoms with Gasteiger partial charge in [-0.2, -0.15) is 0 Å². The highest BCUT2D eigenvalue weighted by Gasteiger charge is 2.28. The number of carboxylic acid groups (broad SMARTS) is 1. The van der Waals surface area contributed by atoms with E-state index < -0.39 is 6.09 Å². The van der Waals surface area contributed by atoms with Crippen molar-refractivity contribution in [3.05, 3.63) is 18.3 Å². The zero-order valence-corrected chi connectivity index (χ0v) is 12.3. The summed E-state index contributed by atoms with van der Waals surface area (Å²) < 4.78 is 5.07. The molecule has 1 aromatic rings. The first-order chi connectivity index (χ1) is 10.6. The van der Waals surface area contributed by atoms with Crippen LogP contribution < -0.4 is 20.9 Å². The van der Waals surface area contributed by atoms with Gasteiger partial charge in [-0.15, -0.1) is 0 Å². The van der Waals surface area contributed by atoms with Crippen molar-refractivity contribution in [2.75, 3.05) is 12.5 Å². The van der Waals surface area contributed by atoms with Crippen molar-refractivity contribution in [3.8, 4) is 5.75 Å². The zero-order chi connectivity index (χ0) is 15.9. The van der Waals surface area contributed by atoms with Crippen molar-refractivity contribution in [2.24, 2.45) is 5.92 Å². The zero-order valence-electron chi connectivity index (χ0n) is 12.3. The Morgan fingerprint density at radius 3 is 2.95 bits per heavy atom. The highest BCUT2D eigenvalue weighted by atomic mass is 16.5. The van der Waals surface area contributed by atoms with E-state index in [0.717, 1.165) is 19.3 Å². The number of ether oxygens (including phenoxy) is 1. The molecule has 0 radical (unpaired) electrons. The number of methoxy groups -OCH3 is 1. The number of carbonyl (C=O) groups is 2. The van der Waals surface area contributed by atoms with Gasteiger partial charge in [0.15, 0.2) is 0 Å². The lowest BCUT2D eigenvalue weighted by Gasteiger charge is -2.28. The molecule has 2 amide bonds. The predicted molar refractivity (Wildman–Crippen MR) is 79.5 cm³/mol. The first-order valence-electron chi connectivity index (χ1n) is 7.14. The number of pyridine rings is 1. The summed E-state index contributed by atoms with van der Waals surface area (Å²) in [4.78, 5) is 26.9. The lowest BCUT2D eigenvalue weighted by atomic mass is 9.85. The summed E-state index contributed by atoms with van der Waals surface area (Å²) in [5.74, 6) is 0.726. The Morgan fingerprint density at radius 2 is 2.23 bits per heavy atom. The summed E-state index contributed by atoms with van der Waals surface area (Å²) in [6.45, 7) is 0. The van der Waals surface area contributed by atoms with Crippen molar-refractivity contribution >= 4 is 17.8 Å². The summed E-state index contributed by atoms with van der Waals surface area (Å²) in [7, 11) is 1.55. The van der Waals surface area contributed by atoms with Gasteiger partial charge in [0.05, 0.1) is 7.11 Å². The molecule has 2 rings (SSSR count). The van der Waals surface area contributed by atoms with E-state index >= 15 is 0 Å². The van der Waals surface area contributed by atoms with E-state index in [0.29, 0.717) is 18.0 Å². The molecule has 120 valence electrons. The monoisotopic (exact) mass is 308 g/mol. The molecule has 0 spiro atoms. The minimum absolute atomic E-state index is 0.165. The molecule has 0 aliphatic heterocycles. The fourth-order valence-electron chi connectivity index (χ4n) is 2.57. The second kappa shape index (κ2) is 7.48. The van der Waals surface area contributed by atoms with Gasteiger partial charge in [-0.05, 0) is 25.3 Å². The van der Waals surface area contributed by atoms with Gasteiger partial charge in [0.1, 0.15) is 11.6 Å². The predicted octanol–water partition coefficient (Wildman–Crippen LogP) is 1.36. The largest absolute Gasteiger partial charge is 0.497 e. The quantitative estimate of drug-likeness (QED) is 0.611. The molecular formula is C14H20N4O4. The van der Waals surface area contributed by atoms with Crippen LogP contribution in [0, 0.1) is 5.92 Å². The third kappa shape index (κ3) is 4.51. The van der Waals surface area contributed by atoms with Crippen LogP contribution in [0.5, 0.6) is 5.75 Å². The Bertz CT molecular complexity index is 537. The van der Waals surface area contributed by atoms with Crippen LogP contribution >= 0.6 is 0 Å². The molecule has 1 saturated carbocycles. The van der Waals surface area contributed by atoms with Gasteiger partial charge in [0, 0.05) is 24.2 Å². The number of rotatable bonds is 5. The van der Waals surface area contributed by atoms with Crippen molar-refractivity contribution in [1.29, 1.82) is 0 Å². The van der Waals surface area contributed by atoms with Gasteiger partial charge in [0.2, 0.25) is 5.91 Å². The SMILES string of the molecule is COc1ccnc(NNC(=O)[C@H]2CCC[C@@H](NC(=O)O)C2)c1. The maximum absolute atomic E-state index is 12.1. The van der Waals surface area contributed by atoms with E-state index in [9.17, 15) is 9.59 Å². The Balaban J connectivity index is 1.84. The Hall–Kier alpha value is -2.51. The molecule has 1 aliphatic rings. The third-order valence-electron chi connectivity index (χ3n) is 3.65. The van der Waals surface area contributed by atoms with Crippen molar-refractivity contribution < 1.29 is 19.4 Å². The van der Waals surface area contributed by atoms with Crippen molar-refractivity contribution in [3.63, 3.8) is 0 Å². The molecular weight excluding hydrogens is 288 g/mol. The number of nitrogens with one attached hydrogen (secondary N) is 3. The summed E-state index contributed by atoms with van der Waals surface area (Å²) in [6.07, 6.45) is 3.36. The number of hydrogen-bond acceptors (Lipinski definition) is 5. The molecule has 0 unspecified atom stereocenters. The topological polar surface area (TPSA) is 113 Å². The minimum atomic E-state index is -1.05. The smallest absolute Gasteiger partial charge is 0.404 e. The van der Waals surface area contributed by atoms with Crippen LogP contribution in [0.15, 0.2) is 18.3 Å². The van der Waals surface area contributed by atoms with E-state index in [1.54, 1.807) is 25.4 Å². The number of amides is 2. The molecule has 22 heavy (non-hydrogen) atoms. The molecule has 1 fully saturated rings. The fourth-order valence-corrected chi connectivity index (χ4v) is 2.57. The summed E-state index contributed by atoms with van der Waals surface area (Å²) in [5, 5.41) is 11.2. The molecule has 4 N–H and O–H groups in total. The number of aromatic nitrogens is 1. The Morgan fingerprint density at radius 1 is 1.41 bits per heavy atom.